The van der Waals surface area contributed by atoms with Crippen LogP contribution >= 0.6 is 35.4 Å². The van der Waals surface area contributed by atoms with Gasteiger partial charge in [-0.1, -0.05) is 35.4 Å². The number of nitrogens with zero attached hydrogens (tertiary/aromatic N) is 1. The standard InChI is InChI=1S/C12H8Cl2N2OS/c13-8-2-3-10(9(14)5-8)17-11-4-1-7(6-16-11)12(15)18/h1-6H,(H2,15,18). The number of hydrogen-bond acceptors (Lipinski definition) is 3. The molecule has 2 rings (SSSR count). The minimum Gasteiger partial charge on any atom is -0.437 e. The first-order valence-corrected chi connectivity index (χ1v) is 6.11. The molecule has 0 spiro atoms. The molecule has 1 aromatic carbocycles. The average molecular weight is 299 g/mol. The van der Waals surface area contributed by atoms with E-state index in [0.29, 0.717) is 32.2 Å². The number of hydrogen-bond donors (Lipinski definition) is 1. The summed E-state index contributed by atoms with van der Waals surface area (Å²) in [5.41, 5.74) is 6.15. The van der Waals surface area contributed by atoms with Crippen LogP contribution in [0.15, 0.2) is 36.5 Å². The summed E-state index contributed by atoms with van der Waals surface area (Å²) < 4.78 is 5.51. The molecule has 2 aromatic rings. The second kappa shape index (κ2) is 5.52. The minimum absolute atomic E-state index is 0.290. The second-order valence-electron chi connectivity index (χ2n) is 3.43. The van der Waals surface area contributed by atoms with Crippen LogP contribution in [-0.4, -0.2) is 9.97 Å². The monoisotopic (exact) mass is 298 g/mol. The molecule has 1 aromatic heterocycles. The van der Waals surface area contributed by atoms with E-state index in [9.17, 15) is 0 Å². The van der Waals surface area contributed by atoms with Crippen LogP contribution in [-0.2, 0) is 0 Å². The predicted octanol–water partition coefficient (Wildman–Crippen LogP) is 3.81. The Morgan fingerprint density at radius 3 is 2.56 bits per heavy atom. The van der Waals surface area contributed by atoms with Gasteiger partial charge in [-0.15, -0.1) is 0 Å². The molecular weight excluding hydrogens is 291 g/mol. The molecule has 1 heterocycles. The van der Waals surface area contributed by atoms with E-state index in [1.54, 1.807) is 36.5 Å². The summed E-state index contributed by atoms with van der Waals surface area (Å²) in [5.74, 6) is 0.885. The first-order valence-electron chi connectivity index (χ1n) is 4.95. The van der Waals surface area contributed by atoms with Gasteiger partial charge in [-0.25, -0.2) is 4.98 Å². The summed E-state index contributed by atoms with van der Waals surface area (Å²) in [6.07, 6.45) is 1.54. The molecule has 6 heteroatoms. The van der Waals surface area contributed by atoms with E-state index in [4.69, 9.17) is 45.9 Å². The SMILES string of the molecule is NC(=S)c1ccc(Oc2ccc(Cl)cc2Cl)nc1. The van der Waals surface area contributed by atoms with E-state index in [-0.39, 0.29) is 0 Å². The Bertz CT molecular complexity index is 587. The summed E-state index contributed by atoms with van der Waals surface area (Å²) in [4.78, 5) is 4.37. The van der Waals surface area contributed by atoms with E-state index in [1.165, 1.54) is 0 Å². The van der Waals surface area contributed by atoms with Gasteiger partial charge in [0.15, 0.2) is 0 Å². The smallest absolute Gasteiger partial charge is 0.219 e. The van der Waals surface area contributed by atoms with Crippen LogP contribution in [0.4, 0.5) is 0 Å². The van der Waals surface area contributed by atoms with Gasteiger partial charge in [-0.2, -0.15) is 0 Å². The molecule has 0 aliphatic rings. The third-order valence-corrected chi connectivity index (χ3v) is 2.90. The van der Waals surface area contributed by atoms with E-state index in [0.717, 1.165) is 0 Å². The quantitative estimate of drug-likeness (QED) is 0.875. The summed E-state index contributed by atoms with van der Waals surface area (Å²) in [5, 5.41) is 0.965. The molecule has 2 N–H and O–H groups in total. The Morgan fingerprint density at radius 1 is 1.22 bits per heavy atom. The molecule has 92 valence electrons. The van der Waals surface area contributed by atoms with Gasteiger partial charge >= 0.3 is 0 Å². The Labute approximate surface area is 119 Å². The number of halogens is 2. The van der Waals surface area contributed by atoms with Gasteiger partial charge in [-0.05, 0) is 24.3 Å². The molecule has 0 fully saturated rings. The molecule has 0 aliphatic heterocycles. The van der Waals surface area contributed by atoms with Gasteiger partial charge in [0, 0.05) is 22.8 Å². The number of benzene rings is 1. The Kier molecular flexibility index (Phi) is 4.01. The maximum absolute atomic E-state index is 5.98. The van der Waals surface area contributed by atoms with Crippen molar-refractivity contribution in [1.82, 2.24) is 4.98 Å². The maximum atomic E-state index is 5.98. The van der Waals surface area contributed by atoms with E-state index in [1.807, 2.05) is 0 Å². The van der Waals surface area contributed by atoms with Crippen molar-refractivity contribution in [3.63, 3.8) is 0 Å². The van der Waals surface area contributed by atoms with Gasteiger partial charge < -0.3 is 10.5 Å². The first-order chi connectivity index (χ1) is 8.56. The van der Waals surface area contributed by atoms with Crippen LogP contribution in [0, 0.1) is 0 Å². The number of nitrogens with two attached hydrogens (primary N) is 1. The third-order valence-electron chi connectivity index (χ3n) is 2.13. The molecule has 0 saturated carbocycles. The van der Waals surface area contributed by atoms with Crippen molar-refractivity contribution < 1.29 is 4.74 Å². The van der Waals surface area contributed by atoms with Crippen molar-refractivity contribution in [2.24, 2.45) is 5.73 Å². The topological polar surface area (TPSA) is 48.1 Å². The summed E-state index contributed by atoms with van der Waals surface area (Å²) in [7, 11) is 0. The number of ether oxygens (including phenoxy) is 1. The highest BCUT2D eigenvalue weighted by Gasteiger charge is 2.05. The zero-order valence-corrected chi connectivity index (χ0v) is 11.4. The molecule has 0 amide bonds. The molecule has 0 radical (unpaired) electrons. The molecule has 0 saturated heterocycles. The molecule has 0 atom stereocenters. The van der Waals surface area contributed by atoms with Gasteiger partial charge in [0.25, 0.3) is 0 Å². The van der Waals surface area contributed by atoms with Crippen LogP contribution in [0.3, 0.4) is 0 Å². The summed E-state index contributed by atoms with van der Waals surface area (Å²) in [6, 6.07) is 8.36. The normalized spacial score (nSPS) is 10.1. The second-order valence-corrected chi connectivity index (χ2v) is 4.71. The van der Waals surface area contributed by atoms with Crippen molar-refractivity contribution >= 4 is 40.4 Å². The van der Waals surface area contributed by atoms with Crippen molar-refractivity contribution in [2.45, 2.75) is 0 Å². The fourth-order valence-electron chi connectivity index (χ4n) is 1.26. The van der Waals surface area contributed by atoms with Crippen LogP contribution in [0.2, 0.25) is 10.0 Å². The molecule has 0 unspecified atom stereocenters. The third kappa shape index (κ3) is 3.10. The number of aromatic nitrogens is 1. The van der Waals surface area contributed by atoms with Crippen molar-refractivity contribution in [3.05, 3.63) is 52.1 Å². The molecular formula is C12H8Cl2N2OS. The van der Waals surface area contributed by atoms with E-state index in [2.05, 4.69) is 4.98 Å². The van der Waals surface area contributed by atoms with Crippen molar-refractivity contribution in [2.75, 3.05) is 0 Å². The number of rotatable bonds is 3. The minimum atomic E-state index is 0.290. The fraction of sp³-hybridized carbons (Fsp3) is 0. The highest BCUT2D eigenvalue weighted by molar-refractivity contribution is 7.80. The van der Waals surface area contributed by atoms with E-state index < -0.39 is 0 Å². The lowest BCUT2D eigenvalue weighted by Crippen LogP contribution is -2.09. The Balaban J connectivity index is 2.21. The largest absolute Gasteiger partial charge is 0.437 e. The van der Waals surface area contributed by atoms with Crippen molar-refractivity contribution in [1.29, 1.82) is 0 Å². The van der Waals surface area contributed by atoms with Gasteiger partial charge in [0.1, 0.15) is 10.7 Å². The van der Waals surface area contributed by atoms with Gasteiger partial charge in [0.2, 0.25) is 5.88 Å². The zero-order chi connectivity index (χ0) is 13.1. The van der Waals surface area contributed by atoms with Crippen LogP contribution in [0.5, 0.6) is 11.6 Å². The van der Waals surface area contributed by atoms with Gasteiger partial charge in [0.05, 0.1) is 5.02 Å². The van der Waals surface area contributed by atoms with E-state index >= 15 is 0 Å². The summed E-state index contributed by atoms with van der Waals surface area (Å²) in [6.45, 7) is 0. The molecule has 0 aliphatic carbocycles. The molecule has 18 heavy (non-hydrogen) atoms. The highest BCUT2D eigenvalue weighted by Crippen LogP contribution is 2.30. The summed E-state index contributed by atoms with van der Waals surface area (Å²) >= 11 is 16.6. The first kappa shape index (κ1) is 13.1. The van der Waals surface area contributed by atoms with Crippen molar-refractivity contribution in [3.8, 4) is 11.6 Å². The Morgan fingerprint density at radius 2 is 2.00 bits per heavy atom. The molecule has 3 nitrogen and oxygen atoms in total. The Hall–Kier alpha value is -1.36. The predicted molar refractivity (Wildman–Crippen MR) is 76.7 cm³/mol. The van der Waals surface area contributed by atoms with Gasteiger partial charge in [-0.3, -0.25) is 0 Å². The van der Waals surface area contributed by atoms with Crippen LogP contribution in [0.25, 0.3) is 0 Å². The molecule has 0 bridgehead atoms. The van der Waals surface area contributed by atoms with Crippen LogP contribution < -0.4 is 10.5 Å². The zero-order valence-electron chi connectivity index (χ0n) is 9.06. The number of pyridine rings is 1. The lowest BCUT2D eigenvalue weighted by Gasteiger charge is -2.07. The lowest BCUT2D eigenvalue weighted by atomic mass is 10.3. The highest BCUT2D eigenvalue weighted by atomic mass is 35.5. The lowest BCUT2D eigenvalue weighted by molar-refractivity contribution is 0.463. The fourth-order valence-corrected chi connectivity index (χ4v) is 1.82. The average Bonchev–Trinajstić information content (AvgIpc) is 2.33. The van der Waals surface area contributed by atoms with Crippen LogP contribution in [0.1, 0.15) is 5.56 Å². The maximum Gasteiger partial charge on any atom is 0.219 e. The number of thiocarbonyl (C=S) groups is 1.